The van der Waals surface area contributed by atoms with E-state index in [1.165, 1.54) is 0 Å². The first-order valence-corrected chi connectivity index (χ1v) is 13.1. The normalized spacial score (nSPS) is 29.6. The van der Waals surface area contributed by atoms with E-state index in [0.29, 0.717) is 6.61 Å². The lowest BCUT2D eigenvalue weighted by Gasteiger charge is -2.33. The third kappa shape index (κ3) is 4.76. The van der Waals surface area contributed by atoms with Gasteiger partial charge in [0.2, 0.25) is 0 Å². The molecule has 1 heterocycles. The fourth-order valence-electron chi connectivity index (χ4n) is 2.57. The molecule has 1 rings (SSSR count). The number of alkyl halides is 6. The minimum absolute atomic E-state index is 0.0376. The molecule has 0 aromatic heterocycles. The van der Waals surface area contributed by atoms with Gasteiger partial charge in [0.05, 0.1) is 8.31 Å². The molecule has 0 bridgehead atoms. The van der Waals surface area contributed by atoms with Crippen molar-refractivity contribution in [2.45, 2.75) is 56.8 Å². The summed E-state index contributed by atoms with van der Waals surface area (Å²) in [7, 11) is -3.73. The van der Waals surface area contributed by atoms with Crippen molar-refractivity contribution in [3.05, 3.63) is 0 Å². The second-order valence-corrected chi connectivity index (χ2v) is 18.1. The van der Waals surface area contributed by atoms with E-state index in [0.717, 1.165) is 18.9 Å². The third-order valence-corrected chi connectivity index (χ3v) is 18.2. The molecule has 0 N–H and O–H groups in total. The van der Waals surface area contributed by atoms with E-state index in [1.54, 1.807) is 0 Å². The maximum atomic E-state index is 12.5. The standard InChI is InChI=1S/C11H20F6OSi2/c1-19-7-4-3-6-18-20(19,2)8-5-9(10(12,13)14)11(15,16)17/h9,19H,3-8H2,1-2H3. The van der Waals surface area contributed by atoms with E-state index < -0.39 is 40.8 Å². The molecule has 2 unspecified atom stereocenters. The van der Waals surface area contributed by atoms with Gasteiger partial charge in [-0.25, -0.2) is 0 Å². The van der Waals surface area contributed by atoms with E-state index in [2.05, 4.69) is 0 Å². The molecule has 0 spiro atoms. The summed E-state index contributed by atoms with van der Waals surface area (Å²) in [5, 5.41) is 0. The predicted octanol–water partition coefficient (Wildman–Crippen LogP) is 4.44. The summed E-state index contributed by atoms with van der Waals surface area (Å²) in [5.41, 5.74) is 0. The quantitative estimate of drug-likeness (QED) is 0.546. The van der Waals surface area contributed by atoms with Gasteiger partial charge in [-0.2, -0.15) is 26.3 Å². The Balaban J connectivity index is 2.75. The molecule has 1 saturated heterocycles. The maximum absolute atomic E-state index is 12.5. The molecule has 0 aliphatic carbocycles. The van der Waals surface area contributed by atoms with Crippen LogP contribution in [0.25, 0.3) is 0 Å². The lowest BCUT2D eigenvalue weighted by molar-refractivity contribution is -0.284. The Morgan fingerprint density at radius 1 is 1.10 bits per heavy atom. The molecule has 0 saturated carbocycles. The summed E-state index contributed by atoms with van der Waals surface area (Å²) in [6.45, 7) is 4.33. The highest BCUT2D eigenvalue weighted by Crippen LogP contribution is 2.43. The molecule has 9 heteroatoms. The second-order valence-electron chi connectivity index (χ2n) is 5.73. The van der Waals surface area contributed by atoms with Crippen LogP contribution in [-0.2, 0) is 4.43 Å². The summed E-state index contributed by atoms with van der Waals surface area (Å²) in [5.74, 6) is -3.22. The monoisotopic (exact) mass is 338 g/mol. The van der Waals surface area contributed by atoms with Crippen LogP contribution < -0.4 is 0 Å². The molecule has 1 aliphatic rings. The van der Waals surface area contributed by atoms with Crippen molar-refractivity contribution in [2.75, 3.05) is 6.61 Å². The third-order valence-electron chi connectivity index (χ3n) is 4.23. The van der Waals surface area contributed by atoms with Gasteiger partial charge >= 0.3 is 12.4 Å². The fourth-order valence-corrected chi connectivity index (χ4v) is 12.1. The van der Waals surface area contributed by atoms with Crippen LogP contribution in [0.15, 0.2) is 0 Å². The zero-order chi connectivity index (χ0) is 15.6. The van der Waals surface area contributed by atoms with Gasteiger partial charge in [-0.15, -0.1) is 0 Å². The molecule has 0 amide bonds. The van der Waals surface area contributed by atoms with Crippen molar-refractivity contribution in [1.29, 1.82) is 0 Å². The molecular weight excluding hydrogens is 318 g/mol. The highest BCUT2D eigenvalue weighted by atomic mass is 29.2. The summed E-state index contributed by atoms with van der Waals surface area (Å²) in [6.07, 6.45) is -9.48. The molecule has 0 aromatic carbocycles. The summed E-state index contributed by atoms with van der Waals surface area (Å²) < 4.78 is 81.0. The smallest absolute Gasteiger partial charge is 0.400 e. The van der Waals surface area contributed by atoms with Gasteiger partial charge < -0.3 is 4.43 Å². The molecule has 1 fully saturated rings. The van der Waals surface area contributed by atoms with Crippen LogP contribution in [0.3, 0.4) is 0 Å². The van der Waals surface area contributed by atoms with Gasteiger partial charge in [-0.1, -0.05) is 19.0 Å². The van der Waals surface area contributed by atoms with Gasteiger partial charge in [0.25, 0.3) is 0 Å². The van der Waals surface area contributed by atoms with E-state index in [9.17, 15) is 26.3 Å². The van der Waals surface area contributed by atoms with Crippen LogP contribution >= 0.6 is 0 Å². The number of hydrogen-bond acceptors (Lipinski definition) is 1. The Morgan fingerprint density at radius 2 is 1.65 bits per heavy atom. The molecule has 2 atom stereocenters. The largest absolute Gasteiger partial charge is 0.420 e. The Bertz CT molecular complexity index is 305. The molecule has 1 nitrogen and oxygen atoms in total. The van der Waals surface area contributed by atoms with E-state index in [4.69, 9.17) is 4.43 Å². The Kier molecular flexibility index (Phi) is 5.76. The van der Waals surface area contributed by atoms with Crippen LogP contribution in [0.4, 0.5) is 26.3 Å². The summed E-state index contributed by atoms with van der Waals surface area (Å²) in [4.78, 5) is 0. The molecule has 1 aliphatic heterocycles. The van der Waals surface area contributed by atoms with Gasteiger partial charge in [0.1, 0.15) is 5.92 Å². The van der Waals surface area contributed by atoms with E-state index in [-0.39, 0.29) is 6.04 Å². The van der Waals surface area contributed by atoms with Crippen LogP contribution in [0.1, 0.15) is 19.3 Å². The van der Waals surface area contributed by atoms with E-state index in [1.807, 2.05) is 13.1 Å². The summed E-state index contributed by atoms with van der Waals surface area (Å²) >= 11 is 0. The molecular formula is C11H20F6OSi2. The highest BCUT2D eigenvalue weighted by molar-refractivity contribution is 7.29. The predicted molar refractivity (Wildman–Crippen MR) is 69.6 cm³/mol. The van der Waals surface area contributed by atoms with Crippen LogP contribution in [0.2, 0.25) is 25.2 Å². The lowest BCUT2D eigenvalue weighted by Crippen LogP contribution is -2.50. The average Bonchev–Trinajstić information content (AvgIpc) is 2.38. The first-order valence-electron chi connectivity index (χ1n) is 6.74. The van der Waals surface area contributed by atoms with Crippen molar-refractivity contribution in [1.82, 2.24) is 0 Å². The van der Waals surface area contributed by atoms with E-state index >= 15 is 0 Å². The zero-order valence-corrected chi connectivity index (χ0v) is 13.7. The van der Waals surface area contributed by atoms with Gasteiger partial charge in [0.15, 0.2) is 7.83 Å². The highest BCUT2D eigenvalue weighted by Gasteiger charge is 2.57. The molecule has 20 heavy (non-hydrogen) atoms. The first-order chi connectivity index (χ1) is 8.97. The van der Waals surface area contributed by atoms with Crippen molar-refractivity contribution in [3.8, 4) is 0 Å². The number of hydrogen-bond donors (Lipinski definition) is 0. The maximum Gasteiger partial charge on any atom is 0.400 e. The fraction of sp³-hybridized carbons (Fsp3) is 1.00. The lowest BCUT2D eigenvalue weighted by atomic mass is 10.1. The number of halogens is 6. The minimum Gasteiger partial charge on any atom is -0.420 e. The molecule has 0 aromatic rings. The second kappa shape index (κ2) is 6.39. The average molecular weight is 338 g/mol. The zero-order valence-electron chi connectivity index (χ0n) is 11.6. The van der Waals surface area contributed by atoms with Crippen LogP contribution in [-0.4, -0.2) is 35.1 Å². The molecule has 120 valence electrons. The first kappa shape index (κ1) is 18.0. The van der Waals surface area contributed by atoms with Gasteiger partial charge in [-0.05, 0) is 25.4 Å². The minimum atomic E-state index is -5.22. The van der Waals surface area contributed by atoms with Crippen molar-refractivity contribution in [3.63, 3.8) is 0 Å². The topological polar surface area (TPSA) is 9.23 Å². The van der Waals surface area contributed by atoms with Crippen LogP contribution in [0.5, 0.6) is 0 Å². The van der Waals surface area contributed by atoms with Crippen molar-refractivity contribution < 1.29 is 30.8 Å². The summed E-state index contributed by atoms with van der Waals surface area (Å²) in [6, 6.07) is 0.926. The van der Waals surface area contributed by atoms with Gasteiger partial charge in [-0.3, -0.25) is 0 Å². The Morgan fingerprint density at radius 3 is 2.15 bits per heavy atom. The van der Waals surface area contributed by atoms with Gasteiger partial charge in [0, 0.05) is 6.61 Å². The number of rotatable bonds is 3. The van der Waals surface area contributed by atoms with Crippen molar-refractivity contribution in [2.24, 2.45) is 5.92 Å². The van der Waals surface area contributed by atoms with Crippen LogP contribution in [0, 0.1) is 5.92 Å². The Hall–Kier alpha value is -0.0262. The van der Waals surface area contributed by atoms with Crippen molar-refractivity contribution >= 4 is 16.1 Å². The SMILES string of the molecule is C[SiH]1CCCCO[Si]1(C)CCC(C(F)(F)F)C(F)(F)F. The Labute approximate surface area is 117 Å². The molecule has 0 radical (unpaired) electrons.